The highest BCUT2D eigenvalue weighted by Crippen LogP contribution is 2.67. The average Bonchev–Trinajstić information content (AvgIpc) is 3.84. The van der Waals surface area contributed by atoms with Crippen LogP contribution in [-0.4, -0.2) is 69.1 Å². The minimum atomic E-state index is -1.18. The second-order valence-electron chi connectivity index (χ2n) is 22.1. The molecule has 10 saturated carbocycles. The normalized spacial score (nSPS) is 43.4. The highest BCUT2D eigenvalue weighted by Gasteiger charge is 2.67. The second-order valence-corrected chi connectivity index (χ2v) is 22.1. The lowest BCUT2D eigenvalue weighted by Crippen LogP contribution is -2.67. The molecule has 11 nitrogen and oxygen atoms in total. The highest BCUT2D eigenvalue weighted by molar-refractivity contribution is 5.98. The summed E-state index contributed by atoms with van der Waals surface area (Å²) in [5.41, 5.74) is -4.15. The number of rotatable bonds is 12. The Balaban J connectivity index is 0.00000181. The fourth-order valence-electron chi connectivity index (χ4n) is 17.5. The van der Waals surface area contributed by atoms with Gasteiger partial charge in [0.25, 0.3) is 0 Å². The maximum absolute atomic E-state index is 15.3. The summed E-state index contributed by atoms with van der Waals surface area (Å²) in [6, 6.07) is 0. The third-order valence-corrected chi connectivity index (χ3v) is 18.9. The Morgan fingerprint density at radius 2 is 1.25 bits per heavy atom. The van der Waals surface area contributed by atoms with E-state index in [-0.39, 0.29) is 144 Å². The number of aliphatic hydroxyl groups is 2. The standard InChI is InChI=1S/C46H64O11.8CH4/c1-5-46(6-2,42-13-25-7-26(14-42)9-27(8-25)15-42)57-38(48)29(10-30-23(3)31-12-32(30)34-19-54-40(50)36(31)34)11-33(35-24(4)37(47)55-41(35)51)39(49)56-45-18-28-16-43(52,21-45)20-44(53,17-28)22-45;;;;;;;;/h23-36,52-53H,5-22H2,1-4H3;8*1H4. The molecule has 2 saturated heterocycles. The fraction of sp³-hybridized carbons (Fsp3) is 0.907. The van der Waals surface area contributed by atoms with Gasteiger partial charge in [0.15, 0.2) is 0 Å². The van der Waals surface area contributed by atoms with E-state index in [1.54, 1.807) is 6.92 Å². The third kappa shape index (κ3) is 8.99. The predicted molar refractivity (Wildman–Crippen MR) is 256 cm³/mol. The Hall–Kier alpha value is -2.53. The van der Waals surface area contributed by atoms with Crippen molar-refractivity contribution in [2.75, 3.05) is 6.61 Å². The van der Waals surface area contributed by atoms with E-state index in [9.17, 15) is 29.4 Å². The number of ether oxygens (including phenoxy) is 4. The van der Waals surface area contributed by atoms with Gasteiger partial charge in [-0.1, -0.05) is 87.1 Å². The summed E-state index contributed by atoms with van der Waals surface area (Å²) in [6.07, 6.45) is 12.0. The first kappa shape index (κ1) is 58.6. The van der Waals surface area contributed by atoms with Crippen LogP contribution in [0, 0.1) is 88.3 Å². The number of cyclic esters (lactones) is 3. The van der Waals surface area contributed by atoms with Gasteiger partial charge in [-0.15, -0.1) is 0 Å². The van der Waals surface area contributed by atoms with E-state index in [1.807, 2.05) is 0 Å². The van der Waals surface area contributed by atoms with E-state index >= 15 is 4.79 Å². The Morgan fingerprint density at radius 3 is 1.74 bits per heavy atom. The van der Waals surface area contributed by atoms with Crippen molar-refractivity contribution in [3.8, 4) is 0 Å². The molecule has 12 fully saturated rings. The van der Waals surface area contributed by atoms with Crippen LogP contribution in [0.25, 0.3) is 0 Å². The second kappa shape index (κ2) is 19.8. The molecule has 2 aliphatic heterocycles. The molecule has 65 heavy (non-hydrogen) atoms. The van der Waals surface area contributed by atoms with Crippen LogP contribution in [-0.2, 0) is 42.9 Å². The zero-order valence-electron chi connectivity index (χ0n) is 34.4. The van der Waals surface area contributed by atoms with Crippen LogP contribution in [0.2, 0.25) is 0 Å². The number of carbonyl (C=O) groups is 5. The molecule has 11 heteroatoms. The minimum absolute atomic E-state index is 0. The summed E-state index contributed by atoms with van der Waals surface area (Å²) in [7, 11) is 0. The zero-order valence-corrected chi connectivity index (χ0v) is 34.4. The van der Waals surface area contributed by atoms with Crippen molar-refractivity contribution in [1.82, 2.24) is 0 Å². The average molecular weight is 921 g/mol. The van der Waals surface area contributed by atoms with Crippen molar-refractivity contribution in [2.45, 2.75) is 219 Å². The Labute approximate surface area is 395 Å². The maximum atomic E-state index is 15.3. The van der Waals surface area contributed by atoms with Crippen LogP contribution < -0.4 is 0 Å². The predicted octanol–water partition coefficient (Wildman–Crippen LogP) is 11.2. The van der Waals surface area contributed by atoms with E-state index in [2.05, 4.69) is 20.8 Å². The molecule has 10 bridgehead atoms. The van der Waals surface area contributed by atoms with Gasteiger partial charge in [-0.25, -0.2) is 0 Å². The molecule has 12 atom stereocenters. The highest BCUT2D eigenvalue weighted by atomic mass is 16.6. The smallest absolute Gasteiger partial charge is 0.318 e. The molecule has 0 aromatic heterocycles. The molecule has 0 aromatic carbocycles. The SMILES string of the molecule is C.C.C.C.C.C.C.C.CCC(CC)(OC(=O)C(CC(C(=O)OC12CC3CC(O)(CC(O)(C3)C1)C2)C1C(=O)OC(=O)C1C)CC1C(C)C2CC1C1COC(=O)C21)C12CC3CC(CC(C3)C1)C2. The number of hydrogen-bond acceptors (Lipinski definition) is 11. The lowest BCUT2D eigenvalue weighted by atomic mass is 9.44. The van der Waals surface area contributed by atoms with Gasteiger partial charge in [-0.3, -0.25) is 24.0 Å². The van der Waals surface area contributed by atoms with Crippen LogP contribution in [0.4, 0.5) is 0 Å². The van der Waals surface area contributed by atoms with Crippen molar-refractivity contribution in [3.05, 3.63) is 0 Å². The van der Waals surface area contributed by atoms with Crippen LogP contribution >= 0.6 is 0 Å². The van der Waals surface area contributed by atoms with Crippen molar-refractivity contribution in [2.24, 2.45) is 88.3 Å². The molecule has 2 heterocycles. The van der Waals surface area contributed by atoms with Crippen LogP contribution in [0.1, 0.15) is 196 Å². The van der Waals surface area contributed by atoms with E-state index in [1.165, 1.54) is 19.3 Å². The van der Waals surface area contributed by atoms with Gasteiger partial charge < -0.3 is 29.2 Å². The van der Waals surface area contributed by atoms with Gasteiger partial charge in [0, 0.05) is 30.6 Å². The van der Waals surface area contributed by atoms with E-state index in [0.717, 1.165) is 25.7 Å². The van der Waals surface area contributed by atoms with E-state index < -0.39 is 64.0 Å². The van der Waals surface area contributed by atoms with Crippen molar-refractivity contribution in [1.29, 1.82) is 0 Å². The molecule has 0 radical (unpaired) electrons. The molecular formula is C54H96O11. The summed E-state index contributed by atoms with van der Waals surface area (Å²) in [5, 5.41) is 23.1. The van der Waals surface area contributed by atoms with E-state index in [0.29, 0.717) is 62.9 Å². The minimum Gasteiger partial charge on any atom is -0.465 e. The Morgan fingerprint density at radius 1 is 0.692 bits per heavy atom. The Bertz CT molecular complexity index is 1680. The van der Waals surface area contributed by atoms with Crippen LogP contribution in [0.15, 0.2) is 0 Å². The quantitative estimate of drug-likeness (QED) is 0.109. The Kier molecular flexibility index (Phi) is 17.9. The first-order valence-corrected chi connectivity index (χ1v) is 22.8. The number of hydrogen-bond donors (Lipinski definition) is 2. The molecule has 0 aromatic rings. The molecule has 10 aliphatic carbocycles. The van der Waals surface area contributed by atoms with Gasteiger partial charge in [0.2, 0.25) is 0 Å². The molecule has 12 rings (SSSR count). The van der Waals surface area contributed by atoms with Crippen LogP contribution in [0.5, 0.6) is 0 Å². The molecule has 12 unspecified atom stereocenters. The van der Waals surface area contributed by atoms with Gasteiger partial charge in [0.1, 0.15) is 11.2 Å². The number of fused-ring (bicyclic) bond motifs is 5. The van der Waals surface area contributed by atoms with Crippen molar-refractivity contribution >= 4 is 29.8 Å². The number of carbonyl (C=O) groups excluding carboxylic acids is 5. The fourth-order valence-corrected chi connectivity index (χ4v) is 17.5. The van der Waals surface area contributed by atoms with Crippen molar-refractivity contribution < 1.29 is 53.1 Å². The zero-order chi connectivity index (χ0) is 40.0. The van der Waals surface area contributed by atoms with Crippen molar-refractivity contribution in [3.63, 3.8) is 0 Å². The molecule has 0 spiro atoms. The molecular weight excluding hydrogens is 825 g/mol. The summed E-state index contributed by atoms with van der Waals surface area (Å²) in [4.78, 5) is 69.6. The third-order valence-electron chi connectivity index (χ3n) is 18.9. The molecule has 0 amide bonds. The monoisotopic (exact) mass is 921 g/mol. The topological polar surface area (TPSA) is 163 Å². The lowest BCUT2D eigenvalue weighted by molar-refractivity contribution is -0.263. The number of esters is 5. The van der Waals surface area contributed by atoms with Gasteiger partial charge >= 0.3 is 29.8 Å². The maximum Gasteiger partial charge on any atom is 0.318 e. The summed E-state index contributed by atoms with van der Waals surface area (Å²) in [6.45, 7) is 8.47. The summed E-state index contributed by atoms with van der Waals surface area (Å²) >= 11 is 0. The first-order valence-electron chi connectivity index (χ1n) is 22.8. The van der Waals surface area contributed by atoms with Crippen LogP contribution in [0.3, 0.4) is 0 Å². The lowest BCUT2D eigenvalue weighted by Gasteiger charge is -2.63. The first-order chi connectivity index (χ1) is 27.0. The summed E-state index contributed by atoms with van der Waals surface area (Å²) in [5.74, 6) is -4.06. The molecule has 12 aliphatic rings. The van der Waals surface area contributed by atoms with Gasteiger partial charge in [-0.2, -0.15) is 0 Å². The van der Waals surface area contributed by atoms with Gasteiger partial charge in [0.05, 0.1) is 47.4 Å². The van der Waals surface area contributed by atoms with E-state index in [4.69, 9.17) is 18.9 Å². The van der Waals surface area contributed by atoms with Gasteiger partial charge in [-0.05, 0) is 137 Å². The largest absolute Gasteiger partial charge is 0.465 e. The summed E-state index contributed by atoms with van der Waals surface area (Å²) < 4.78 is 24.3. The molecule has 2 N–H and O–H groups in total. The molecule has 378 valence electrons.